The van der Waals surface area contributed by atoms with Crippen molar-refractivity contribution in [1.29, 1.82) is 0 Å². The maximum absolute atomic E-state index is 12.4. The Morgan fingerprint density at radius 2 is 1.74 bits per heavy atom. The van der Waals surface area contributed by atoms with Gasteiger partial charge in [0.15, 0.2) is 0 Å². The Hall–Kier alpha value is -4.85. The lowest BCUT2D eigenvalue weighted by atomic mass is 9.92. The molecule has 1 amide bonds. The lowest BCUT2D eigenvalue weighted by Crippen LogP contribution is -2.19. The summed E-state index contributed by atoms with van der Waals surface area (Å²) in [4.78, 5) is 29.4. The van der Waals surface area contributed by atoms with Gasteiger partial charge in [0.25, 0.3) is 0 Å². The molecule has 0 saturated carbocycles. The Bertz CT molecular complexity index is 1780. The van der Waals surface area contributed by atoms with Crippen LogP contribution in [0.1, 0.15) is 27.2 Å². The summed E-state index contributed by atoms with van der Waals surface area (Å²) >= 11 is 0. The van der Waals surface area contributed by atoms with Gasteiger partial charge in [0.2, 0.25) is 5.91 Å². The standard InChI is InChI=1S/C30H27N7O/c1-30(2,3)15-27(38)34-20-12-19(16-31-17-20)18-7-8-24-21(13-18)29(37-36-24)26-14-22-23(35-26)9-11-33-28(22)25-6-4-5-10-32-25/h4-14,16-17,35H,15H2,1-3H3,(H,34,38)(H,36,37). The van der Waals surface area contributed by atoms with Gasteiger partial charge in [-0.25, -0.2) is 0 Å². The van der Waals surface area contributed by atoms with E-state index in [-0.39, 0.29) is 11.3 Å². The Labute approximate surface area is 219 Å². The van der Waals surface area contributed by atoms with E-state index in [9.17, 15) is 4.79 Å². The van der Waals surface area contributed by atoms with Crippen LogP contribution < -0.4 is 5.32 Å². The highest BCUT2D eigenvalue weighted by atomic mass is 16.1. The molecule has 0 saturated heterocycles. The Morgan fingerprint density at radius 3 is 2.55 bits per heavy atom. The maximum Gasteiger partial charge on any atom is 0.224 e. The molecule has 0 aliphatic heterocycles. The topological polar surface area (TPSA) is 112 Å². The van der Waals surface area contributed by atoms with Crippen molar-refractivity contribution < 1.29 is 4.79 Å². The average molecular weight is 502 g/mol. The number of H-pyrrole nitrogens is 2. The summed E-state index contributed by atoms with van der Waals surface area (Å²) in [6, 6.07) is 17.9. The summed E-state index contributed by atoms with van der Waals surface area (Å²) < 4.78 is 0. The first-order chi connectivity index (χ1) is 18.3. The van der Waals surface area contributed by atoms with Crippen LogP contribution in [0.4, 0.5) is 5.69 Å². The highest BCUT2D eigenvalue weighted by molar-refractivity contribution is 6.00. The summed E-state index contributed by atoms with van der Waals surface area (Å²) in [5.41, 5.74) is 7.70. The summed E-state index contributed by atoms with van der Waals surface area (Å²) in [6.07, 6.45) is 7.46. The molecule has 0 aliphatic rings. The van der Waals surface area contributed by atoms with Crippen molar-refractivity contribution in [2.24, 2.45) is 5.41 Å². The molecular formula is C30H27N7O. The number of nitrogens with zero attached hydrogens (tertiary/aromatic N) is 4. The molecule has 6 aromatic rings. The number of pyridine rings is 3. The van der Waals surface area contributed by atoms with Gasteiger partial charge in [0, 0.05) is 46.9 Å². The van der Waals surface area contributed by atoms with Gasteiger partial charge in [-0.15, -0.1) is 0 Å². The van der Waals surface area contributed by atoms with E-state index in [1.165, 1.54) is 0 Å². The number of hydrogen-bond acceptors (Lipinski definition) is 5. The third-order valence-corrected chi connectivity index (χ3v) is 6.32. The van der Waals surface area contributed by atoms with Crippen molar-refractivity contribution in [3.05, 3.63) is 79.4 Å². The van der Waals surface area contributed by atoms with Crippen LogP contribution in [0, 0.1) is 5.41 Å². The number of carbonyl (C=O) groups excluding carboxylic acids is 1. The van der Waals surface area contributed by atoms with Gasteiger partial charge in [0.1, 0.15) is 5.69 Å². The number of anilines is 1. The predicted octanol–water partition coefficient (Wildman–Crippen LogP) is 6.60. The molecule has 0 spiro atoms. The molecule has 0 bridgehead atoms. The second-order valence-corrected chi connectivity index (χ2v) is 10.6. The third kappa shape index (κ3) is 4.64. The van der Waals surface area contributed by atoms with Crippen molar-refractivity contribution in [3.63, 3.8) is 0 Å². The molecule has 38 heavy (non-hydrogen) atoms. The van der Waals surface area contributed by atoms with Gasteiger partial charge < -0.3 is 10.3 Å². The van der Waals surface area contributed by atoms with Crippen LogP contribution in [0.25, 0.3) is 55.7 Å². The first-order valence-electron chi connectivity index (χ1n) is 12.5. The third-order valence-electron chi connectivity index (χ3n) is 6.32. The number of aromatic amines is 2. The maximum atomic E-state index is 12.4. The predicted molar refractivity (Wildman–Crippen MR) is 150 cm³/mol. The Balaban J connectivity index is 1.36. The van der Waals surface area contributed by atoms with E-state index in [1.807, 2.05) is 63.2 Å². The van der Waals surface area contributed by atoms with Gasteiger partial charge in [-0.3, -0.25) is 24.8 Å². The zero-order valence-corrected chi connectivity index (χ0v) is 21.4. The first-order valence-corrected chi connectivity index (χ1v) is 12.5. The van der Waals surface area contributed by atoms with Crippen LogP contribution in [0.3, 0.4) is 0 Å². The van der Waals surface area contributed by atoms with Gasteiger partial charge in [-0.1, -0.05) is 32.9 Å². The quantitative estimate of drug-likeness (QED) is 0.246. The summed E-state index contributed by atoms with van der Waals surface area (Å²) in [5.74, 6) is -0.0256. The highest BCUT2D eigenvalue weighted by Crippen LogP contribution is 2.34. The van der Waals surface area contributed by atoms with Crippen LogP contribution in [0.15, 0.2) is 79.4 Å². The summed E-state index contributed by atoms with van der Waals surface area (Å²) in [6.45, 7) is 6.13. The zero-order chi connectivity index (χ0) is 26.3. The molecule has 0 unspecified atom stereocenters. The minimum Gasteiger partial charge on any atom is -0.353 e. The molecule has 6 rings (SSSR count). The minimum atomic E-state index is -0.0884. The average Bonchev–Trinajstić information content (AvgIpc) is 3.51. The van der Waals surface area contributed by atoms with E-state index in [1.54, 1.807) is 24.8 Å². The van der Waals surface area contributed by atoms with Crippen molar-refractivity contribution in [1.82, 2.24) is 30.1 Å². The molecule has 188 valence electrons. The van der Waals surface area contributed by atoms with Gasteiger partial charge in [0.05, 0.1) is 34.5 Å². The smallest absolute Gasteiger partial charge is 0.224 e. The first kappa shape index (κ1) is 23.5. The van der Waals surface area contributed by atoms with Gasteiger partial charge >= 0.3 is 0 Å². The van der Waals surface area contributed by atoms with E-state index < -0.39 is 0 Å². The SMILES string of the molecule is CC(C)(C)CC(=O)Nc1cncc(-c2ccc3[nH]nc(-c4cc5c(-c6ccccn6)nccc5[nH]4)c3c2)c1. The second kappa shape index (κ2) is 9.23. The highest BCUT2D eigenvalue weighted by Gasteiger charge is 2.17. The van der Waals surface area contributed by atoms with Gasteiger partial charge in [-0.2, -0.15) is 5.10 Å². The molecule has 0 atom stereocenters. The van der Waals surface area contributed by atoms with Crippen LogP contribution in [-0.2, 0) is 4.79 Å². The molecule has 5 heterocycles. The number of carbonyl (C=O) groups is 1. The fourth-order valence-corrected chi connectivity index (χ4v) is 4.64. The van der Waals surface area contributed by atoms with Crippen molar-refractivity contribution in [2.75, 3.05) is 5.32 Å². The van der Waals surface area contributed by atoms with E-state index in [4.69, 9.17) is 0 Å². The normalized spacial score (nSPS) is 11.8. The molecule has 0 aliphatic carbocycles. The molecule has 8 heteroatoms. The zero-order valence-electron chi connectivity index (χ0n) is 21.4. The molecule has 5 aromatic heterocycles. The Kier molecular flexibility index (Phi) is 5.72. The lowest BCUT2D eigenvalue weighted by molar-refractivity contribution is -0.117. The fraction of sp³-hybridized carbons (Fsp3) is 0.167. The number of nitrogens with one attached hydrogen (secondary N) is 3. The van der Waals surface area contributed by atoms with Gasteiger partial charge in [-0.05, 0) is 53.4 Å². The van der Waals surface area contributed by atoms with Crippen molar-refractivity contribution >= 4 is 33.4 Å². The molecule has 0 fully saturated rings. The van der Waals surface area contributed by atoms with E-state index in [0.717, 1.165) is 55.7 Å². The number of hydrogen-bond donors (Lipinski definition) is 3. The van der Waals surface area contributed by atoms with E-state index in [2.05, 4.69) is 47.6 Å². The number of benzene rings is 1. The second-order valence-electron chi connectivity index (χ2n) is 10.6. The Morgan fingerprint density at radius 1 is 0.868 bits per heavy atom. The monoisotopic (exact) mass is 501 g/mol. The summed E-state index contributed by atoms with van der Waals surface area (Å²) in [5, 5.41) is 12.7. The van der Waals surface area contributed by atoms with Crippen LogP contribution in [0.2, 0.25) is 0 Å². The fourth-order valence-electron chi connectivity index (χ4n) is 4.64. The van der Waals surface area contributed by atoms with E-state index >= 15 is 0 Å². The van der Waals surface area contributed by atoms with Crippen LogP contribution >= 0.6 is 0 Å². The van der Waals surface area contributed by atoms with Crippen molar-refractivity contribution in [2.45, 2.75) is 27.2 Å². The van der Waals surface area contributed by atoms with Crippen LogP contribution in [0.5, 0.6) is 0 Å². The molecule has 0 radical (unpaired) electrons. The number of aromatic nitrogens is 6. The molecular weight excluding hydrogens is 474 g/mol. The summed E-state index contributed by atoms with van der Waals surface area (Å²) in [7, 11) is 0. The largest absolute Gasteiger partial charge is 0.353 e. The van der Waals surface area contributed by atoms with Crippen molar-refractivity contribution in [3.8, 4) is 33.9 Å². The number of amides is 1. The van der Waals surface area contributed by atoms with Crippen LogP contribution in [-0.4, -0.2) is 36.0 Å². The molecule has 3 N–H and O–H groups in total. The number of fused-ring (bicyclic) bond motifs is 2. The minimum absolute atomic E-state index is 0.0256. The molecule has 8 nitrogen and oxygen atoms in total. The van der Waals surface area contributed by atoms with E-state index in [0.29, 0.717) is 12.1 Å². The lowest BCUT2D eigenvalue weighted by Gasteiger charge is -2.17. The molecule has 1 aromatic carbocycles. The number of rotatable bonds is 5.